The van der Waals surface area contributed by atoms with Crippen molar-refractivity contribution in [2.24, 2.45) is 5.41 Å². The summed E-state index contributed by atoms with van der Waals surface area (Å²) in [5, 5.41) is 2.78. The summed E-state index contributed by atoms with van der Waals surface area (Å²) in [7, 11) is 0. The van der Waals surface area contributed by atoms with Gasteiger partial charge in [-0.3, -0.25) is 14.4 Å². The van der Waals surface area contributed by atoms with Crippen LogP contribution in [0.25, 0.3) is 6.08 Å². The minimum absolute atomic E-state index is 0.000684. The van der Waals surface area contributed by atoms with Crippen molar-refractivity contribution in [2.45, 2.75) is 52.5 Å². The third-order valence-electron chi connectivity index (χ3n) is 6.74. The Labute approximate surface area is 202 Å². The third kappa shape index (κ3) is 6.49. The van der Waals surface area contributed by atoms with Crippen LogP contribution in [0.1, 0.15) is 52.0 Å². The van der Waals surface area contributed by atoms with Gasteiger partial charge in [0, 0.05) is 44.7 Å². The fourth-order valence-corrected chi connectivity index (χ4v) is 4.92. The SMILES string of the molecule is C=C(C)C[C@H](NC(C)=O)C(=O)N1CCC2(CCN(C(=O)/C=C/c3ccccc3OCC)CC2)C1. The third-order valence-corrected chi connectivity index (χ3v) is 6.74. The predicted molar refractivity (Wildman–Crippen MR) is 133 cm³/mol. The molecule has 184 valence electrons. The molecule has 1 N–H and O–H groups in total. The first-order chi connectivity index (χ1) is 16.2. The second-order valence-corrected chi connectivity index (χ2v) is 9.55. The summed E-state index contributed by atoms with van der Waals surface area (Å²) in [6.07, 6.45) is 6.56. The molecular weight excluding hydrogens is 430 g/mol. The number of hydrogen-bond acceptors (Lipinski definition) is 4. The van der Waals surface area contributed by atoms with Gasteiger partial charge in [0.2, 0.25) is 17.7 Å². The van der Waals surface area contributed by atoms with Crippen molar-refractivity contribution in [1.29, 1.82) is 0 Å². The van der Waals surface area contributed by atoms with Crippen LogP contribution in [0.3, 0.4) is 0 Å². The van der Waals surface area contributed by atoms with Crippen LogP contribution in [-0.2, 0) is 14.4 Å². The monoisotopic (exact) mass is 467 g/mol. The van der Waals surface area contributed by atoms with Crippen molar-refractivity contribution >= 4 is 23.8 Å². The van der Waals surface area contributed by atoms with Crippen molar-refractivity contribution in [3.8, 4) is 5.75 Å². The molecule has 1 spiro atoms. The number of likely N-dealkylation sites (tertiary alicyclic amines) is 2. The summed E-state index contributed by atoms with van der Waals surface area (Å²) in [5.41, 5.74) is 1.80. The van der Waals surface area contributed by atoms with Gasteiger partial charge in [0.25, 0.3) is 0 Å². The Morgan fingerprint density at radius 2 is 1.76 bits per heavy atom. The standard InChI is InChI=1S/C27H37N3O4/c1-5-34-24-9-7-6-8-22(24)10-11-25(32)29-15-12-27(13-16-29)14-17-30(19-27)26(33)23(18-20(2)3)28-21(4)31/h6-11,23H,2,5,12-19H2,1,3-4H3,(H,28,31)/b11-10+/t23-/m0/s1. The smallest absolute Gasteiger partial charge is 0.246 e. The number of nitrogens with zero attached hydrogens (tertiary/aromatic N) is 2. The minimum Gasteiger partial charge on any atom is -0.493 e. The van der Waals surface area contributed by atoms with E-state index in [1.807, 2.05) is 54.0 Å². The molecule has 7 heteroatoms. The van der Waals surface area contributed by atoms with E-state index >= 15 is 0 Å². The van der Waals surface area contributed by atoms with Crippen LogP contribution in [-0.4, -0.2) is 66.3 Å². The summed E-state index contributed by atoms with van der Waals surface area (Å²) in [5.74, 6) is 0.521. The molecule has 2 saturated heterocycles. The summed E-state index contributed by atoms with van der Waals surface area (Å²) >= 11 is 0. The molecule has 0 unspecified atom stereocenters. The van der Waals surface area contributed by atoms with E-state index in [4.69, 9.17) is 4.74 Å². The van der Waals surface area contributed by atoms with Gasteiger partial charge in [0.15, 0.2) is 0 Å². The Balaban J connectivity index is 1.56. The van der Waals surface area contributed by atoms with Gasteiger partial charge in [-0.2, -0.15) is 0 Å². The van der Waals surface area contributed by atoms with Crippen LogP contribution < -0.4 is 10.1 Å². The first-order valence-corrected chi connectivity index (χ1v) is 12.1. The highest BCUT2D eigenvalue weighted by Crippen LogP contribution is 2.40. The number of rotatable bonds is 8. The summed E-state index contributed by atoms with van der Waals surface area (Å²) in [4.78, 5) is 41.2. The molecule has 3 amide bonds. The highest BCUT2D eigenvalue weighted by Gasteiger charge is 2.43. The molecular formula is C27H37N3O4. The fraction of sp³-hybridized carbons (Fsp3) is 0.519. The predicted octanol–water partition coefficient (Wildman–Crippen LogP) is 3.41. The number of para-hydroxylation sites is 1. The van der Waals surface area contributed by atoms with Crippen LogP contribution >= 0.6 is 0 Å². The maximum absolute atomic E-state index is 13.1. The topological polar surface area (TPSA) is 79.0 Å². The van der Waals surface area contributed by atoms with E-state index in [2.05, 4.69) is 11.9 Å². The average Bonchev–Trinajstić information content (AvgIpc) is 3.21. The van der Waals surface area contributed by atoms with Crippen LogP contribution in [0.5, 0.6) is 5.75 Å². The normalized spacial score (nSPS) is 18.2. The maximum Gasteiger partial charge on any atom is 0.246 e. The molecule has 0 aromatic heterocycles. The van der Waals surface area contributed by atoms with E-state index in [0.717, 1.165) is 36.1 Å². The van der Waals surface area contributed by atoms with Gasteiger partial charge in [-0.15, -0.1) is 6.58 Å². The van der Waals surface area contributed by atoms with Crippen molar-refractivity contribution in [2.75, 3.05) is 32.8 Å². The van der Waals surface area contributed by atoms with E-state index in [9.17, 15) is 14.4 Å². The quantitative estimate of drug-likeness (QED) is 0.469. The van der Waals surface area contributed by atoms with E-state index in [1.165, 1.54) is 6.92 Å². The number of piperidine rings is 1. The summed E-state index contributed by atoms with van der Waals surface area (Å²) < 4.78 is 5.63. The average molecular weight is 468 g/mol. The molecule has 1 atom stereocenters. The van der Waals surface area contributed by atoms with Crippen molar-refractivity contribution in [3.63, 3.8) is 0 Å². The van der Waals surface area contributed by atoms with Crippen LogP contribution in [0.2, 0.25) is 0 Å². The van der Waals surface area contributed by atoms with Crippen LogP contribution in [0.15, 0.2) is 42.5 Å². The molecule has 2 fully saturated rings. The second kappa shape index (κ2) is 11.4. The van der Waals surface area contributed by atoms with Crippen molar-refractivity contribution < 1.29 is 19.1 Å². The van der Waals surface area contributed by atoms with Gasteiger partial charge in [-0.1, -0.05) is 23.8 Å². The Bertz CT molecular complexity index is 931. The second-order valence-electron chi connectivity index (χ2n) is 9.55. The van der Waals surface area contributed by atoms with Crippen molar-refractivity contribution in [3.05, 3.63) is 48.1 Å². The maximum atomic E-state index is 13.1. The molecule has 34 heavy (non-hydrogen) atoms. The number of hydrogen-bond donors (Lipinski definition) is 1. The fourth-order valence-electron chi connectivity index (χ4n) is 4.92. The van der Waals surface area contributed by atoms with E-state index < -0.39 is 6.04 Å². The highest BCUT2D eigenvalue weighted by atomic mass is 16.5. The van der Waals surface area contributed by atoms with E-state index in [0.29, 0.717) is 39.2 Å². The summed E-state index contributed by atoms with van der Waals surface area (Å²) in [6.45, 7) is 12.4. The first kappa shape index (κ1) is 25.5. The summed E-state index contributed by atoms with van der Waals surface area (Å²) in [6, 6.07) is 7.12. The molecule has 0 bridgehead atoms. The molecule has 3 rings (SSSR count). The molecule has 2 aliphatic heterocycles. The molecule has 2 aliphatic rings. The van der Waals surface area contributed by atoms with E-state index in [1.54, 1.807) is 6.08 Å². The minimum atomic E-state index is -0.559. The van der Waals surface area contributed by atoms with Gasteiger partial charge in [0.1, 0.15) is 11.8 Å². The van der Waals surface area contributed by atoms with Gasteiger partial charge in [-0.25, -0.2) is 0 Å². The Morgan fingerprint density at radius 3 is 2.38 bits per heavy atom. The largest absolute Gasteiger partial charge is 0.493 e. The zero-order valence-electron chi connectivity index (χ0n) is 20.6. The molecule has 0 radical (unpaired) electrons. The molecule has 0 saturated carbocycles. The molecule has 1 aromatic carbocycles. The lowest BCUT2D eigenvalue weighted by Crippen LogP contribution is -2.49. The lowest BCUT2D eigenvalue weighted by atomic mass is 9.77. The number of nitrogens with one attached hydrogen (secondary N) is 1. The number of benzene rings is 1. The Kier molecular flexibility index (Phi) is 8.53. The lowest BCUT2D eigenvalue weighted by molar-refractivity contribution is -0.136. The van der Waals surface area contributed by atoms with Gasteiger partial charge in [0.05, 0.1) is 6.61 Å². The van der Waals surface area contributed by atoms with Gasteiger partial charge in [-0.05, 0) is 57.1 Å². The van der Waals surface area contributed by atoms with Gasteiger partial charge < -0.3 is 19.9 Å². The van der Waals surface area contributed by atoms with Crippen molar-refractivity contribution in [1.82, 2.24) is 15.1 Å². The zero-order chi connectivity index (χ0) is 24.7. The number of carbonyl (C=O) groups is 3. The number of carbonyl (C=O) groups excluding carboxylic acids is 3. The number of amides is 3. The van der Waals surface area contributed by atoms with Crippen LogP contribution in [0, 0.1) is 5.41 Å². The first-order valence-electron chi connectivity index (χ1n) is 12.1. The zero-order valence-corrected chi connectivity index (χ0v) is 20.6. The molecule has 2 heterocycles. The lowest BCUT2D eigenvalue weighted by Gasteiger charge is -2.39. The molecule has 7 nitrogen and oxygen atoms in total. The van der Waals surface area contributed by atoms with Crippen LogP contribution in [0.4, 0.5) is 0 Å². The Hall–Kier alpha value is -3.09. The molecule has 1 aromatic rings. The van der Waals surface area contributed by atoms with E-state index in [-0.39, 0.29) is 23.1 Å². The number of ether oxygens (including phenoxy) is 1. The Morgan fingerprint density at radius 1 is 1.12 bits per heavy atom. The van der Waals surface area contributed by atoms with Gasteiger partial charge >= 0.3 is 0 Å². The molecule has 0 aliphatic carbocycles. The highest BCUT2D eigenvalue weighted by molar-refractivity contribution is 5.92.